The van der Waals surface area contributed by atoms with Gasteiger partial charge in [0.25, 0.3) is 0 Å². The first-order valence-corrected chi connectivity index (χ1v) is 17.2. The van der Waals surface area contributed by atoms with Crippen molar-refractivity contribution in [3.05, 3.63) is 120 Å². The summed E-state index contributed by atoms with van der Waals surface area (Å²) in [5.41, 5.74) is 3.08. The molecule has 0 aromatic heterocycles. The van der Waals surface area contributed by atoms with Gasteiger partial charge in [-0.1, -0.05) is 18.2 Å². The predicted molar refractivity (Wildman–Crippen MR) is 157 cm³/mol. The Balaban J connectivity index is 1.10. The van der Waals surface area contributed by atoms with Crippen molar-refractivity contribution in [2.24, 2.45) is 0 Å². The number of benzene rings is 4. The van der Waals surface area contributed by atoms with Crippen molar-refractivity contribution in [1.82, 2.24) is 0 Å². The Hall–Kier alpha value is -3.01. The summed E-state index contributed by atoms with van der Waals surface area (Å²) in [5, 5.41) is 12.7. The fourth-order valence-corrected chi connectivity index (χ4v) is 6.91. The van der Waals surface area contributed by atoms with Crippen molar-refractivity contribution < 1.29 is 28.8 Å². The van der Waals surface area contributed by atoms with Crippen molar-refractivity contribution >= 4 is 29.1 Å². The second-order valence-corrected chi connectivity index (χ2v) is 13.2. The number of aliphatic hydroxyl groups is 1. The molecule has 0 aliphatic carbocycles. The van der Waals surface area contributed by atoms with E-state index < -0.39 is 14.1 Å². The van der Waals surface area contributed by atoms with Gasteiger partial charge >= 0.3 is 219 Å². The molecular weight excluding hydrogens is 574 g/mol. The van der Waals surface area contributed by atoms with Gasteiger partial charge in [0.15, 0.2) is 0 Å². The van der Waals surface area contributed by atoms with Crippen molar-refractivity contribution in [3.63, 3.8) is 0 Å². The van der Waals surface area contributed by atoms with Crippen LogP contribution in [0, 0.1) is 0 Å². The second-order valence-electron chi connectivity index (χ2n) is 9.06. The molecule has 0 amide bonds. The van der Waals surface area contributed by atoms with Crippen LogP contribution in [0.1, 0.15) is 16.7 Å². The van der Waals surface area contributed by atoms with Gasteiger partial charge in [0.2, 0.25) is 0 Å². The first-order valence-electron chi connectivity index (χ1n) is 12.9. The Bertz CT molecular complexity index is 1300. The zero-order valence-corrected chi connectivity index (χ0v) is 24.8. The maximum absolute atomic E-state index is 11.5. The number of rotatable bonds is 15. The number of aryl methyl sites for hydroxylation is 1. The van der Waals surface area contributed by atoms with Crippen molar-refractivity contribution in [3.8, 4) is 17.2 Å². The van der Waals surface area contributed by atoms with E-state index in [1.165, 1.54) is 5.56 Å². The van der Waals surface area contributed by atoms with Crippen LogP contribution in [-0.4, -0.2) is 38.5 Å². The van der Waals surface area contributed by atoms with E-state index in [2.05, 4.69) is 12.1 Å². The first kappa shape index (κ1) is 29.0. The van der Waals surface area contributed by atoms with Crippen LogP contribution in [0.2, 0.25) is 10.4 Å². The molecule has 0 spiro atoms. The summed E-state index contributed by atoms with van der Waals surface area (Å²) in [6, 6.07) is 32.6. The van der Waals surface area contributed by atoms with E-state index in [0.717, 1.165) is 45.2 Å². The molecule has 0 aliphatic heterocycles. The molecule has 204 valence electrons. The van der Waals surface area contributed by atoms with Gasteiger partial charge in [0, 0.05) is 0 Å². The van der Waals surface area contributed by atoms with E-state index in [-0.39, 0.29) is 29.0 Å². The van der Waals surface area contributed by atoms with E-state index in [4.69, 9.17) is 14.2 Å². The fourth-order valence-electron chi connectivity index (χ4n) is 3.89. The molecule has 0 heterocycles. The van der Waals surface area contributed by atoms with Gasteiger partial charge < -0.3 is 0 Å². The molecule has 0 saturated heterocycles. The van der Waals surface area contributed by atoms with Gasteiger partial charge in [-0.3, -0.25) is 0 Å². The van der Waals surface area contributed by atoms with Gasteiger partial charge in [-0.15, -0.1) is 0 Å². The molecule has 4 aromatic carbocycles. The minimum atomic E-state index is -2.76. The van der Waals surface area contributed by atoms with Crippen LogP contribution in [-0.2, 0) is 24.2 Å². The molecule has 2 N–H and O–H groups in total. The maximum atomic E-state index is 11.5. The molecule has 0 saturated carbocycles. The Morgan fingerprint density at radius 2 is 1.28 bits per heavy atom. The van der Waals surface area contributed by atoms with E-state index in [9.17, 15) is 14.6 Å². The van der Waals surface area contributed by atoms with Crippen LogP contribution in [0.5, 0.6) is 17.2 Å². The average Bonchev–Trinajstić information content (AvgIpc) is 2.98. The zero-order valence-electron chi connectivity index (χ0n) is 21.7. The minimum absolute atomic E-state index is 0.255. The van der Waals surface area contributed by atoms with Crippen LogP contribution in [0.25, 0.3) is 0 Å². The summed E-state index contributed by atoms with van der Waals surface area (Å²) in [7, 11) is -2.76. The molecule has 39 heavy (non-hydrogen) atoms. The molecule has 8 heteroatoms. The van der Waals surface area contributed by atoms with E-state index >= 15 is 0 Å². The molecule has 4 rings (SSSR count). The number of hydrogen-bond donors (Lipinski definition) is 2. The second kappa shape index (κ2) is 15.5. The monoisotopic (exact) mass is 608 g/mol. The normalized spacial score (nSPS) is 12.8. The third-order valence-electron chi connectivity index (χ3n) is 6.05. The summed E-state index contributed by atoms with van der Waals surface area (Å²) in [6.45, 7) is 1.06. The molecule has 0 fully saturated rings. The Morgan fingerprint density at radius 3 is 1.97 bits per heavy atom. The van der Waals surface area contributed by atoms with Crippen LogP contribution >= 0.6 is 8.03 Å². The molecular formula is C31H34AsO6P. The van der Waals surface area contributed by atoms with Gasteiger partial charge in [0.1, 0.15) is 0 Å². The van der Waals surface area contributed by atoms with E-state index in [1.54, 1.807) is 12.1 Å². The Kier molecular flexibility index (Phi) is 11.6. The van der Waals surface area contributed by atoms with E-state index in [0.29, 0.717) is 11.9 Å². The topological polar surface area (TPSA) is 85.2 Å². The number of ether oxygens (including phenoxy) is 3. The molecule has 3 atom stereocenters. The first-order chi connectivity index (χ1) is 19.1. The Morgan fingerprint density at radius 1 is 0.692 bits per heavy atom. The summed E-state index contributed by atoms with van der Waals surface area (Å²) in [4.78, 5) is 9.48. The van der Waals surface area contributed by atoms with Crippen LogP contribution < -0.4 is 19.5 Å². The SMILES string of the molecule is O=[P@@H](O)c1ccccc1COc1ccc(CC[AsH]CC(O)COc2ccc(OCc3ccccc3)cc2)cc1. The van der Waals surface area contributed by atoms with Crippen LogP contribution in [0.3, 0.4) is 0 Å². The van der Waals surface area contributed by atoms with Crippen molar-refractivity contribution in [1.29, 1.82) is 0 Å². The van der Waals surface area contributed by atoms with Gasteiger partial charge in [-0.2, -0.15) is 0 Å². The number of aliphatic hydroxyl groups excluding tert-OH is 1. The molecule has 2 unspecified atom stereocenters. The summed E-state index contributed by atoms with van der Waals surface area (Å²) in [6.07, 6.45) is 0.501. The molecule has 4 aromatic rings. The zero-order chi connectivity index (χ0) is 27.3. The van der Waals surface area contributed by atoms with E-state index in [1.807, 2.05) is 78.9 Å². The standard InChI is InChI=1S/C31H34AsO6P/c33-27(23-38-30-16-14-29(15-17-30)36-21-25-6-2-1-3-7-25)20-32-19-18-24-10-12-28(13-11-24)37-22-26-8-4-5-9-31(26)39(34)35/h1-17,27,32-33,39H,18-23H2,(H,34,35). The van der Waals surface area contributed by atoms with Gasteiger partial charge in [0.05, 0.1) is 0 Å². The molecule has 0 bridgehead atoms. The quantitative estimate of drug-likeness (QED) is 0.110. The molecule has 6 nitrogen and oxygen atoms in total. The van der Waals surface area contributed by atoms with Crippen molar-refractivity contribution in [2.45, 2.75) is 36.2 Å². The summed E-state index contributed by atoms with van der Waals surface area (Å²) in [5.74, 6) is 2.23. The van der Waals surface area contributed by atoms with Crippen LogP contribution in [0.15, 0.2) is 103 Å². The third-order valence-corrected chi connectivity index (χ3v) is 9.86. The fraction of sp³-hybridized carbons (Fsp3) is 0.226. The molecule has 0 aliphatic rings. The predicted octanol–water partition coefficient (Wildman–Crippen LogP) is 5.19. The number of hydrogen-bond acceptors (Lipinski definition) is 5. The van der Waals surface area contributed by atoms with Gasteiger partial charge in [-0.05, 0) is 0 Å². The molecule has 0 radical (unpaired) electrons. The van der Waals surface area contributed by atoms with Crippen molar-refractivity contribution in [2.75, 3.05) is 6.61 Å². The summed E-state index contributed by atoms with van der Waals surface area (Å²) >= 11 is -0.286. The van der Waals surface area contributed by atoms with Gasteiger partial charge in [-0.25, -0.2) is 0 Å². The third kappa shape index (κ3) is 9.91. The van der Waals surface area contributed by atoms with Crippen LogP contribution in [0.4, 0.5) is 0 Å². The average molecular weight is 609 g/mol. The summed E-state index contributed by atoms with van der Waals surface area (Å²) < 4.78 is 28.9. The Labute approximate surface area is 237 Å².